The van der Waals surface area contributed by atoms with Crippen molar-refractivity contribution in [1.29, 1.82) is 0 Å². The molecule has 2 aromatic rings. The zero-order valence-electron chi connectivity index (χ0n) is 10.8. The second-order valence-corrected chi connectivity index (χ2v) is 5.91. The van der Waals surface area contributed by atoms with Crippen molar-refractivity contribution < 1.29 is 4.52 Å². The van der Waals surface area contributed by atoms with E-state index in [1.807, 2.05) is 6.07 Å². The monoisotopic (exact) mass is 321 g/mol. The first-order valence-electron chi connectivity index (χ1n) is 6.52. The molecule has 1 saturated heterocycles. The number of halogens is 1. The van der Waals surface area contributed by atoms with Crippen molar-refractivity contribution in [2.75, 3.05) is 13.1 Å². The number of rotatable bonds is 3. The molecule has 1 aromatic heterocycles. The summed E-state index contributed by atoms with van der Waals surface area (Å²) in [6.45, 7) is 4.20. The molecular formula is C14H16BrN3O. The molecule has 1 aliphatic heterocycles. The smallest absolute Gasteiger partial charge is 0.227 e. The second kappa shape index (κ2) is 5.43. The van der Waals surface area contributed by atoms with Crippen LogP contribution in [0.15, 0.2) is 27.2 Å². The fourth-order valence-electron chi connectivity index (χ4n) is 2.38. The van der Waals surface area contributed by atoms with Crippen LogP contribution in [-0.2, 0) is 6.42 Å². The Kier molecular flexibility index (Phi) is 3.66. The Hall–Kier alpha value is -1.20. The van der Waals surface area contributed by atoms with E-state index in [-0.39, 0.29) is 0 Å². The third kappa shape index (κ3) is 2.87. The minimum absolute atomic E-state index is 0.620. The van der Waals surface area contributed by atoms with Crippen molar-refractivity contribution in [3.8, 4) is 11.4 Å². The number of aromatic nitrogens is 2. The lowest BCUT2D eigenvalue weighted by Crippen LogP contribution is -2.10. The first-order chi connectivity index (χ1) is 9.22. The fourth-order valence-corrected chi connectivity index (χ4v) is 3.05. The van der Waals surface area contributed by atoms with E-state index in [2.05, 4.69) is 50.4 Å². The van der Waals surface area contributed by atoms with E-state index in [1.165, 1.54) is 12.0 Å². The van der Waals surface area contributed by atoms with E-state index < -0.39 is 0 Å². The standard InChI is InChI=1S/C14H16BrN3O/c1-9-2-3-11(12(15)6-9)14-17-13(19-18-14)7-10-4-5-16-8-10/h2-3,6,10,16H,4-5,7-8H2,1H3. The molecule has 1 N–H and O–H groups in total. The van der Waals surface area contributed by atoms with Gasteiger partial charge in [-0.2, -0.15) is 4.98 Å². The predicted molar refractivity (Wildman–Crippen MR) is 76.9 cm³/mol. The summed E-state index contributed by atoms with van der Waals surface area (Å²) >= 11 is 3.55. The summed E-state index contributed by atoms with van der Waals surface area (Å²) in [6.07, 6.45) is 2.05. The van der Waals surface area contributed by atoms with Crippen LogP contribution in [0, 0.1) is 12.8 Å². The Morgan fingerprint density at radius 2 is 2.37 bits per heavy atom. The number of hydrogen-bond donors (Lipinski definition) is 1. The quantitative estimate of drug-likeness (QED) is 0.944. The highest BCUT2D eigenvalue weighted by Crippen LogP contribution is 2.27. The van der Waals surface area contributed by atoms with Gasteiger partial charge >= 0.3 is 0 Å². The fraction of sp³-hybridized carbons (Fsp3) is 0.429. The van der Waals surface area contributed by atoms with Gasteiger partial charge in [0, 0.05) is 16.5 Å². The molecule has 1 atom stereocenters. The normalized spacial score (nSPS) is 18.9. The summed E-state index contributed by atoms with van der Waals surface area (Å²) in [6, 6.07) is 6.13. The molecule has 0 bridgehead atoms. The Labute approximate surface area is 120 Å². The lowest BCUT2D eigenvalue weighted by atomic mass is 10.1. The first kappa shape index (κ1) is 12.8. The van der Waals surface area contributed by atoms with Gasteiger partial charge in [0.2, 0.25) is 11.7 Å². The van der Waals surface area contributed by atoms with Crippen LogP contribution in [0.5, 0.6) is 0 Å². The van der Waals surface area contributed by atoms with Gasteiger partial charge in [-0.25, -0.2) is 0 Å². The van der Waals surface area contributed by atoms with Gasteiger partial charge in [-0.1, -0.05) is 27.2 Å². The molecule has 1 fully saturated rings. The molecule has 1 aliphatic rings. The highest BCUT2D eigenvalue weighted by molar-refractivity contribution is 9.10. The number of hydrogen-bond acceptors (Lipinski definition) is 4. The topological polar surface area (TPSA) is 51.0 Å². The van der Waals surface area contributed by atoms with Crippen LogP contribution in [0.25, 0.3) is 11.4 Å². The highest BCUT2D eigenvalue weighted by atomic mass is 79.9. The van der Waals surface area contributed by atoms with Crippen molar-refractivity contribution in [2.24, 2.45) is 5.92 Å². The van der Waals surface area contributed by atoms with Crippen LogP contribution in [0.4, 0.5) is 0 Å². The van der Waals surface area contributed by atoms with Gasteiger partial charge in [-0.15, -0.1) is 0 Å². The average molecular weight is 322 g/mol. The molecule has 19 heavy (non-hydrogen) atoms. The van der Waals surface area contributed by atoms with E-state index in [0.717, 1.165) is 35.4 Å². The van der Waals surface area contributed by atoms with E-state index in [9.17, 15) is 0 Å². The number of nitrogens with one attached hydrogen (secondary N) is 1. The van der Waals surface area contributed by atoms with Gasteiger partial charge in [0.15, 0.2) is 0 Å². The van der Waals surface area contributed by atoms with Crippen LogP contribution in [-0.4, -0.2) is 23.2 Å². The third-order valence-corrected chi connectivity index (χ3v) is 4.12. The molecule has 4 nitrogen and oxygen atoms in total. The van der Waals surface area contributed by atoms with E-state index >= 15 is 0 Å². The molecule has 0 aliphatic carbocycles. The van der Waals surface area contributed by atoms with Gasteiger partial charge in [-0.3, -0.25) is 0 Å². The first-order valence-corrected chi connectivity index (χ1v) is 7.31. The Morgan fingerprint density at radius 1 is 1.47 bits per heavy atom. The molecule has 1 aromatic carbocycles. The molecule has 0 spiro atoms. The molecule has 5 heteroatoms. The number of nitrogens with zero attached hydrogens (tertiary/aromatic N) is 2. The van der Waals surface area contributed by atoms with E-state index in [1.54, 1.807) is 0 Å². The molecule has 0 amide bonds. The minimum atomic E-state index is 0.620. The van der Waals surface area contributed by atoms with Crippen molar-refractivity contribution in [1.82, 2.24) is 15.5 Å². The molecule has 3 rings (SSSR count). The van der Waals surface area contributed by atoms with Crippen molar-refractivity contribution in [3.05, 3.63) is 34.1 Å². The zero-order valence-corrected chi connectivity index (χ0v) is 12.4. The molecule has 2 heterocycles. The summed E-state index contributed by atoms with van der Waals surface area (Å²) in [5.74, 6) is 2.01. The molecular weight excluding hydrogens is 306 g/mol. The predicted octanol–water partition coefficient (Wildman–Crippen LogP) is 2.96. The Morgan fingerprint density at radius 3 is 3.11 bits per heavy atom. The summed E-state index contributed by atoms with van der Waals surface area (Å²) in [7, 11) is 0. The van der Waals surface area contributed by atoms with Crippen LogP contribution in [0.3, 0.4) is 0 Å². The second-order valence-electron chi connectivity index (χ2n) is 5.06. The lowest BCUT2D eigenvalue weighted by Gasteiger charge is -2.02. The number of benzene rings is 1. The molecule has 0 radical (unpaired) electrons. The van der Waals surface area contributed by atoms with Crippen LogP contribution >= 0.6 is 15.9 Å². The van der Waals surface area contributed by atoms with Crippen molar-refractivity contribution in [3.63, 3.8) is 0 Å². The maximum atomic E-state index is 5.36. The lowest BCUT2D eigenvalue weighted by molar-refractivity contribution is 0.358. The van der Waals surface area contributed by atoms with Gasteiger partial charge in [0.05, 0.1) is 0 Å². The van der Waals surface area contributed by atoms with Crippen LogP contribution < -0.4 is 5.32 Å². The molecule has 100 valence electrons. The minimum Gasteiger partial charge on any atom is -0.339 e. The van der Waals surface area contributed by atoms with E-state index in [0.29, 0.717) is 11.7 Å². The summed E-state index contributed by atoms with van der Waals surface area (Å²) in [5, 5.41) is 7.43. The summed E-state index contributed by atoms with van der Waals surface area (Å²) in [5.41, 5.74) is 2.18. The van der Waals surface area contributed by atoms with Crippen molar-refractivity contribution in [2.45, 2.75) is 19.8 Å². The van der Waals surface area contributed by atoms with Crippen LogP contribution in [0.1, 0.15) is 17.9 Å². The van der Waals surface area contributed by atoms with Crippen LogP contribution in [0.2, 0.25) is 0 Å². The maximum absolute atomic E-state index is 5.36. The Balaban J connectivity index is 1.80. The zero-order chi connectivity index (χ0) is 13.2. The summed E-state index contributed by atoms with van der Waals surface area (Å²) < 4.78 is 6.36. The number of aryl methyl sites for hydroxylation is 1. The van der Waals surface area contributed by atoms with Crippen molar-refractivity contribution >= 4 is 15.9 Å². The SMILES string of the molecule is Cc1ccc(-c2noc(CC3CCNC3)n2)c(Br)c1. The average Bonchev–Trinajstić information content (AvgIpc) is 3.01. The summed E-state index contributed by atoms with van der Waals surface area (Å²) in [4.78, 5) is 4.50. The highest BCUT2D eigenvalue weighted by Gasteiger charge is 2.19. The Bertz CT molecular complexity index is 576. The van der Waals surface area contributed by atoms with Gasteiger partial charge < -0.3 is 9.84 Å². The van der Waals surface area contributed by atoms with Gasteiger partial charge in [-0.05, 0) is 50.0 Å². The third-order valence-electron chi connectivity index (χ3n) is 3.46. The van der Waals surface area contributed by atoms with Gasteiger partial charge in [0.25, 0.3) is 0 Å². The molecule has 1 unspecified atom stereocenters. The van der Waals surface area contributed by atoms with E-state index in [4.69, 9.17) is 4.52 Å². The largest absolute Gasteiger partial charge is 0.339 e. The maximum Gasteiger partial charge on any atom is 0.227 e. The van der Waals surface area contributed by atoms with Gasteiger partial charge in [0.1, 0.15) is 0 Å². The molecule has 0 saturated carbocycles.